The lowest BCUT2D eigenvalue weighted by Gasteiger charge is -2.19. The van der Waals surface area contributed by atoms with Crippen LogP contribution in [0.2, 0.25) is 0 Å². The number of carbonyl (C=O) groups is 2. The van der Waals surface area contributed by atoms with Crippen LogP contribution in [0.3, 0.4) is 0 Å². The Balaban J connectivity index is 2.37. The van der Waals surface area contributed by atoms with Crippen molar-refractivity contribution in [2.24, 2.45) is 5.92 Å². The Hall–Kier alpha value is -1.88. The van der Waals surface area contributed by atoms with Gasteiger partial charge in [0.15, 0.2) is 0 Å². The van der Waals surface area contributed by atoms with E-state index >= 15 is 0 Å². The molecule has 5 nitrogen and oxygen atoms in total. The molecule has 0 aliphatic rings. The largest absolute Gasteiger partial charge is 0.478 e. The van der Waals surface area contributed by atoms with E-state index in [0.717, 1.165) is 12.0 Å². The van der Waals surface area contributed by atoms with Gasteiger partial charge in [-0.25, -0.2) is 4.79 Å². The maximum absolute atomic E-state index is 12.1. The van der Waals surface area contributed by atoms with E-state index in [0.29, 0.717) is 25.5 Å². The zero-order chi connectivity index (χ0) is 17.4. The minimum atomic E-state index is -0.950. The predicted molar refractivity (Wildman–Crippen MR) is 89.4 cm³/mol. The summed E-state index contributed by atoms with van der Waals surface area (Å²) in [7, 11) is 1.74. The SMILES string of the molecule is CC(C)CC(C)OCCC(=O)N(C)Cc1ccc(C(=O)O)cc1. The predicted octanol–water partition coefficient (Wildman–Crippen LogP) is 3.18. The minimum absolute atomic E-state index is 0.0176. The maximum Gasteiger partial charge on any atom is 0.335 e. The lowest BCUT2D eigenvalue weighted by atomic mass is 10.1. The summed E-state index contributed by atoms with van der Waals surface area (Å²) in [5.74, 6) is -0.352. The summed E-state index contributed by atoms with van der Waals surface area (Å²) in [5.41, 5.74) is 1.15. The van der Waals surface area contributed by atoms with Crippen LogP contribution >= 0.6 is 0 Å². The lowest BCUT2D eigenvalue weighted by molar-refractivity contribution is -0.132. The highest BCUT2D eigenvalue weighted by molar-refractivity contribution is 5.87. The van der Waals surface area contributed by atoms with Crippen molar-refractivity contribution in [2.45, 2.75) is 46.3 Å². The number of hydrogen-bond donors (Lipinski definition) is 1. The fourth-order valence-electron chi connectivity index (χ4n) is 2.38. The van der Waals surface area contributed by atoms with Crippen LogP contribution in [0.1, 0.15) is 49.5 Å². The number of benzene rings is 1. The van der Waals surface area contributed by atoms with Crippen LogP contribution in [0.5, 0.6) is 0 Å². The van der Waals surface area contributed by atoms with Gasteiger partial charge in [0.2, 0.25) is 5.91 Å². The summed E-state index contributed by atoms with van der Waals surface area (Å²) >= 11 is 0. The molecule has 0 saturated carbocycles. The summed E-state index contributed by atoms with van der Waals surface area (Å²) in [6, 6.07) is 6.56. The van der Waals surface area contributed by atoms with Crippen molar-refractivity contribution in [2.75, 3.05) is 13.7 Å². The van der Waals surface area contributed by atoms with Crippen molar-refractivity contribution in [3.8, 4) is 0 Å². The van der Waals surface area contributed by atoms with Gasteiger partial charge in [-0.1, -0.05) is 26.0 Å². The summed E-state index contributed by atoms with van der Waals surface area (Å²) in [6.45, 7) is 7.20. The molecule has 0 fully saturated rings. The van der Waals surface area contributed by atoms with Crippen molar-refractivity contribution in [3.63, 3.8) is 0 Å². The summed E-state index contributed by atoms with van der Waals surface area (Å²) in [5, 5.41) is 8.86. The highest BCUT2D eigenvalue weighted by Gasteiger charge is 2.11. The van der Waals surface area contributed by atoms with Crippen LogP contribution in [-0.4, -0.2) is 41.6 Å². The van der Waals surface area contributed by atoms with Crippen molar-refractivity contribution < 1.29 is 19.4 Å². The number of amides is 1. The third kappa shape index (κ3) is 7.28. The van der Waals surface area contributed by atoms with E-state index in [1.165, 1.54) is 0 Å². The smallest absolute Gasteiger partial charge is 0.335 e. The standard InChI is InChI=1S/C18H27NO4/c1-13(2)11-14(3)23-10-9-17(20)19(4)12-15-5-7-16(8-6-15)18(21)22/h5-8,13-14H,9-12H2,1-4H3,(H,21,22). The van der Waals surface area contributed by atoms with Gasteiger partial charge in [-0.05, 0) is 37.0 Å². The topological polar surface area (TPSA) is 66.8 Å². The van der Waals surface area contributed by atoms with Crippen LogP contribution in [0, 0.1) is 5.92 Å². The van der Waals surface area contributed by atoms with E-state index in [4.69, 9.17) is 9.84 Å². The van der Waals surface area contributed by atoms with Gasteiger partial charge in [0, 0.05) is 13.6 Å². The van der Waals surface area contributed by atoms with Crippen molar-refractivity contribution in [1.82, 2.24) is 4.90 Å². The number of carbonyl (C=O) groups excluding carboxylic acids is 1. The quantitative estimate of drug-likeness (QED) is 0.758. The van der Waals surface area contributed by atoms with E-state index in [1.54, 1.807) is 36.2 Å². The second-order valence-electron chi connectivity index (χ2n) is 6.31. The highest BCUT2D eigenvalue weighted by atomic mass is 16.5. The Bertz CT molecular complexity index is 510. The van der Waals surface area contributed by atoms with Crippen molar-refractivity contribution >= 4 is 11.9 Å². The number of nitrogens with zero attached hydrogens (tertiary/aromatic N) is 1. The van der Waals surface area contributed by atoms with Gasteiger partial charge in [-0.2, -0.15) is 0 Å². The van der Waals surface area contributed by atoms with E-state index < -0.39 is 5.97 Å². The van der Waals surface area contributed by atoms with Crippen LogP contribution in [0.25, 0.3) is 0 Å². The molecular formula is C18H27NO4. The molecule has 0 bridgehead atoms. The Morgan fingerprint density at radius 2 is 1.78 bits per heavy atom. The number of carboxylic acids is 1. The molecule has 0 aromatic heterocycles. The van der Waals surface area contributed by atoms with Crippen molar-refractivity contribution in [1.29, 1.82) is 0 Å². The number of aromatic carboxylic acids is 1. The van der Waals surface area contributed by atoms with Gasteiger partial charge in [-0.15, -0.1) is 0 Å². The van der Waals surface area contributed by atoms with E-state index in [9.17, 15) is 9.59 Å². The molecule has 0 aliphatic heterocycles. The Morgan fingerprint density at radius 3 is 2.30 bits per heavy atom. The molecule has 1 amide bonds. The Kier molecular flexibility index (Phi) is 7.75. The summed E-state index contributed by atoms with van der Waals surface area (Å²) in [4.78, 5) is 24.5. The molecule has 1 unspecified atom stereocenters. The van der Waals surface area contributed by atoms with Gasteiger partial charge in [-0.3, -0.25) is 4.79 Å². The normalized spacial score (nSPS) is 12.2. The van der Waals surface area contributed by atoms with Gasteiger partial charge in [0.25, 0.3) is 0 Å². The number of hydrogen-bond acceptors (Lipinski definition) is 3. The molecule has 1 aromatic rings. The number of carboxylic acid groups (broad SMARTS) is 1. The molecule has 1 atom stereocenters. The third-order valence-electron chi connectivity index (χ3n) is 3.57. The van der Waals surface area contributed by atoms with Crippen LogP contribution in [0.4, 0.5) is 0 Å². The van der Waals surface area contributed by atoms with E-state index in [1.807, 2.05) is 6.92 Å². The fourth-order valence-corrected chi connectivity index (χ4v) is 2.38. The Morgan fingerprint density at radius 1 is 1.17 bits per heavy atom. The summed E-state index contributed by atoms with van der Waals surface area (Å²) in [6.07, 6.45) is 1.50. The second kappa shape index (κ2) is 9.30. The summed E-state index contributed by atoms with van der Waals surface area (Å²) < 4.78 is 5.65. The molecular weight excluding hydrogens is 294 g/mol. The van der Waals surface area contributed by atoms with E-state index in [-0.39, 0.29) is 17.6 Å². The lowest BCUT2D eigenvalue weighted by Crippen LogP contribution is -2.27. The van der Waals surface area contributed by atoms with Gasteiger partial charge in [0.1, 0.15) is 0 Å². The number of ether oxygens (including phenoxy) is 1. The fraction of sp³-hybridized carbons (Fsp3) is 0.556. The van der Waals surface area contributed by atoms with Crippen molar-refractivity contribution in [3.05, 3.63) is 35.4 Å². The molecule has 0 aliphatic carbocycles. The Labute approximate surface area is 138 Å². The van der Waals surface area contributed by atoms with Gasteiger partial charge in [0.05, 0.1) is 24.7 Å². The average molecular weight is 321 g/mol. The van der Waals surface area contributed by atoms with Crippen LogP contribution in [-0.2, 0) is 16.1 Å². The average Bonchev–Trinajstić information content (AvgIpc) is 2.46. The first-order valence-corrected chi connectivity index (χ1v) is 7.97. The molecule has 1 aromatic carbocycles. The molecule has 23 heavy (non-hydrogen) atoms. The monoisotopic (exact) mass is 321 g/mol. The third-order valence-corrected chi connectivity index (χ3v) is 3.57. The van der Waals surface area contributed by atoms with Crippen LogP contribution in [0.15, 0.2) is 24.3 Å². The molecule has 5 heteroatoms. The molecule has 0 spiro atoms. The van der Waals surface area contributed by atoms with E-state index in [2.05, 4.69) is 13.8 Å². The minimum Gasteiger partial charge on any atom is -0.478 e. The first-order chi connectivity index (χ1) is 10.8. The molecule has 0 heterocycles. The van der Waals surface area contributed by atoms with Crippen LogP contribution < -0.4 is 0 Å². The highest BCUT2D eigenvalue weighted by Crippen LogP contribution is 2.10. The second-order valence-corrected chi connectivity index (χ2v) is 6.31. The van der Waals surface area contributed by atoms with Gasteiger partial charge >= 0.3 is 5.97 Å². The molecule has 0 saturated heterocycles. The molecule has 0 radical (unpaired) electrons. The maximum atomic E-state index is 12.1. The molecule has 1 rings (SSSR count). The molecule has 128 valence electrons. The van der Waals surface area contributed by atoms with Gasteiger partial charge < -0.3 is 14.7 Å². The zero-order valence-corrected chi connectivity index (χ0v) is 14.4. The zero-order valence-electron chi connectivity index (χ0n) is 14.4. The molecule has 1 N–H and O–H groups in total. The first-order valence-electron chi connectivity index (χ1n) is 7.97. The number of rotatable bonds is 9. The first kappa shape index (κ1) is 19.2.